The molecule has 1 unspecified atom stereocenters. The Morgan fingerprint density at radius 3 is 1.84 bits per heavy atom. The van der Waals surface area contributed by atoms with E-state index in [4.69, 9.17) is 24.8 Å². The van der Waals surface area contributed by atoms with Gasteiger partial charge in [0, 0.05) is 96.1 Å². The van der Waals surface area contributed by atoms with Crippen LogP contribution in [-0.2, 0) is 52.6 Å². The molecule has 79 heavy (non-hydrogen) atoms. The van der Waals surface area contributed by atoms with Crippen molar-refractivity contribution in [2.24, 2.45) is 5.84 Å². The lowest BCUT2D eigenvalue weighted by molar-refractivity contribution is -0.140. The summed E-state index contributed by atoms with van der Waals surface area (Å²) in [6.07, 6.45) is 3.90. The van der Waals surface area contributed by atoms with E-state index in [9.17, 15) is 63.7 Å². The third-order valence-electron chi connectivity index (χ3n) is 12.6. The van der Waals surface area contributed by atoms with Crippen LogP contribution in [0, 0.1) is 11.3 Å². The van der Waals surface area contributed by atoms with E-state index in [-0.39, 0.29) is 162 Å². The first-order chi connectivity index (χ1) is 38.0. The summed E-state index contributed by atoms with van der Waals surface area (Å²) in [5, 5.41) is 48.9. The third-order valence-corrected chi connectivity index (χ3v) is 12.6. The molecule has 29 heteroatoms. The normalized spacial score (nSPS) is 16.4. The molecule has 0 saturated carbocycles. The van der Waals surface area contributed by atoms with Gasteiger partial charge in [0.2, 0.25) is 17.7 Å². The Bertz CT molecular complexity index is 2350. The Hall–Kier alpha value is -7.17. The number of nitrogens with zero attached hydrogens (tertiary/aromatic N) is 7. The van der Waals surface area contributed by atoms with Gasteiger partial charge in [0.1, 0.15) is 17.8 Å². The van der Waals surface area contributed by atoms with Gasteiger partial charge in [-0.15, -0.1) is 0 Å². The van der Waals surface area contributed by atoms with Gasteiger partial charge in [-0.25, -0.2) is 5.84 Å². The number of hydrazine groups is 1. The van der Waals surface area contributed by atoms with Crippen molar-refractivity contribution in [1.82, 2.24) is 56.2 Å². The number of benzene rings is 1. The predicted octanol–water partition coefficient (Wildman–Crippen LogP) is -3.35. The summed E-state index contributed by atoms with van der Waals surface area (Å²) < 4.78 is 22.1. The van der Waals surface area contributed by atoms with Crippen LogP contribution in [0.25, 0.3) is 10.9 Å². The number of nitrogens with one attached hydrogen (secondary N) is 5. The van der Waals surface area contributed by atoms with Gasteiger partial charge < -0.3 is 60.4 Å². The number of nitriles is 1. The summed E-state index contributed by atoms with van der Waals surface area (Å²) in [5.41, 5.74) is 2.81. The fraction of sp³-hybridized carbons (Fsp3) is 0.620. The molecule has 436 valence electrons. The number of carboxylic acid groups (broad SMARTS) is 3. The van der Waals surface area contributed by atoms with E-state index < -0.39 is 47.7 Å². The van der Waals surface area contributed by atoms with E-state index in [1.54, 1.807) is 32.9 Å². The lowest BCUT2D eigenvalue weighted by Gasteiger charge is -2.32. The minimum atomic E-state index is -1.05. The van der Waals surface area contributed by atoms with E-state index >= 15 is 0 Å². The number of ether oxygens (including phenoxy) is 4. The zero-order chi connectivity index (χ0) is 57.4. The number of carbonyl (C=O) groups is 9. The third kappa shape index (κ3) is 25.4. The summed E-state index contributed by atoms with van der Waals surface area (Å²) in [4.78, 5) is 123. The maximum atomic E-state index is 13.0. The van der Waals surface area contributed by atoms with Crippen molar-refractivity contribution >= 4 is 64.3 Å². The molecule has 1 aromatic heterocycles. The van der Waals surface area contributed by atoms with E-state index in [2.05, 4.69) is 37.7 Å². The number of hydrogen-bond donors (Lipinski definition) is 9. The molecule has 2 aromatic rings. The average Bonchev–Trinajstić information content (AvgIpc) is 3.95. The first-order valence-corrected chi connectivity index (χ1v) is 26.1. The van der Waals surface area contributed by atoms with Crippen molar-refractivity contribution in [3.63, 3.8) is 0 Å². The number of rotatable bonds is 33. The zero-order valence-corrected chi connectivity index (χ0v) is 44.4. The molecule has 2 atom stereocenters. The number of carboxylic acids is 3. The van der Waals surface area contributed by atoms with Gasteiger partial charge in [0.15, 0.2) is 6.61 Å². The monoisotopic (exact) mass is 1110 g/mol. The van der Waals surface area contributed by atoms with E-state index in [1.165, 1.54) is 17.2 Å². The van der Waals surface area contributed by atoms with Crippen LogP contribution in [-0.4, -0.2) is 261 Å². The largest absolute Gasteiger partial charge is 0.484 e. The molecule has 2 fully saturated rings. The Morgan fingerprint density at radius 2 is 1.25 bits per heavy atom. The summed E-state index contributed by atoms with van der Waals surface area (Å²) in [5.74, 6) is 0.0408. The van der Waals surface area contributed by atoms with Gasteiger partial charge in [-0.05, 0) is 50.3 Å². The van der Waals surface area contributed by atoms with Crippen LogP contribution in [0.1, 0.15) is 48.9 Å². The van der Waals surface area contributed by atoms with Crippen LogP contribution < -0.4 is 37.3 Å². The molecule has 2 saturated heterocycles. The highest BCUT2D eigenvalue weighted by Gasteiger charge is 2.29. The number of aliphatic carboxylic acids is 3. The Morgan fingerprint density at radius 1 is 0.684 bits per heavy atom. The molecule has 10 N–H and O–H groups in total. The van der Waals surface area contributed by atoms with Crippen LogP contribution in [0.15, 0.2) is 30.5 Å². The van der Waals surface area contributed by atoms with Crippen LogP contribution in [0.3, 0.4) is 0 Å². The van der Waals surface area contributed by atoms with E-state index in [0.29, 0.717) is 61.1 Å². The van der Waals surface area contributed by atoms with Gasteiger partial charge in [0.25, 0.3) is 17.7 Å². The molecule has 3 heterocycles. The lowest BCUT2D eigenvalue weighted by Crippen LogP contribution is -2.50. The van der Waals surface area contributed by atoms with E-state index in [0.717, 1.165) is 6.42 Å². The van der Waals surface area contributed by atoms with Gasteiger partial charge >= 0.3 is 17.9 Å². The molecule has 2 aliphatic heterocycles. The quantitative estimate of drug-likeness (QED) is 0.0146. The number of likely N-dealkylation sites (tertiary alicyclic amines) is 1. The Kier molecular flexibility index (Phi) is 29.4. The van der Waals surface area contributed by atoms with Crippen molar-refractivity contribution in [3.8, 4) is 11.8 Å². The number of aromatic nitrogens is 1. The molecule has 0 aliphatic carbocycles. The topological polar surface area (TPSA) is 390 Å². The highest BCUT2D eigenvalue weighted by atomic mass is 16.5. The second kappa shape index (κ2) is 36.1. The number of hydrogen-bond acceptors (Lipinski definition) is 20. The molecule has 0 spiro atoms. The zero-order valence-electron chi connectivity index (χ0n) is 44.4. The van der Waals surface area contributed by atoms with Crippen LogP contribution >= 0.6 is 0 Å². The van der Waals surface area contributed by atoms with Gasteiger partial charge in [-0.2, -0.15) is 5.26 Å². The van der Waals surface area contributed by atoms with Gasteiger partial charge in [-0.1, -0.05) is 0 Å². The number of nitrogens with two attached hydrogens (primary N) is 1. The predicted molar refractivity (Wildman–Crippen MR) is 280 cm³/mol. The molecular formula is C50H75N13O16. The fourth-order valence-corrected chi connectivity index (χ4v) is 8.52. The van der Waals surface area contributed by atoms with Crippen molar-refractivity contribution in [3.05, 3.63) is 36.0 Å². The maximum absolute atomic E-state index is 13.0. The molecular weight excluding hydrogens is 1040 g/mol. The summed E-state index contributed by atoms with van der Waals surface area (Å²) in [6.45, 7) is 2.87. The highest BCUT2D eigenvalue weighted by Crippen LogP contribution is 2.23. The Balaban J connectivity index is 1.03. The van der Waals surface area contributed by atoms with Crippen LogP contribution in [0.4, 0.5) is 0 Å². The van der Waals surface area contributed by atoms with Crippen molar-refractivity contribution in [2.75, 3.05) is 151 Å². The number of pyridine rings is 1. The first-order valence-electron chi connectivity index (χ1n) is 26.1. The molecule has 0 bridgehead atoms. The van der Waals surface area contributed by atoms with Gasteiger partial charge in [0.05, 0.1) is 89.5 Å². The lowest BCUT2D eigenvalue weighted by atomic mass is 10.1. The second-order valence-corrected chi connectivity index (χ2v) is 18.6. The SMILES string of the molecule is N#C[C@H]1CCCN1C(=O)CNC(=O)c1ccnc2cc(OCC(=O)NCCOCCOCCOCCC(=O)NC(CCCCNC(=O)CN3CCN(CC(=O)O)CCN(CC(=O)O)CCN(CC(=O)O)CC3)C(=O)NN)ccc12. The highest BCUT2D eigenvalue weighted by molar-refractivity contribution is 6.07. The number of unbranched alkanes of at least 4 members (excludes halogenated alkanes) is 1. The van der Waals surface area contributed by atoms with Crippen LogP contribution in [0.2, 0.25) is 0 Å². The summed E-state index contributed by atoms with van der Waals surface area (Å²) in [7, 11) is 0. The minimum Gasteiger partial charge on any atom is -0.484 e. The number of carbonyl (C=O) groups excluding carboxylic acids is 6. The molecule has 2 aliphatic rings. The molecule has 1 aromatic carbocycles. The summed E-state index contributed by atoms with van der Waals surface area (Å²) in [6, 6.07) is 7.08. The number of fused-ring (bicyclic) bond motifs is 1. The molecule has 29 nitrogen and oxygen atoms in total. The first kappa shape index (κ1) is 64.4. The minimum absolute atomic E-state index is 0.0381. The molecule has 0 radical (unpaired) electrons. The molecule has 6 amide bonds. The smallest absolute Gasteiger partial charge is 0.317 e. The standard InChI is InChI=1S/C50H75N13O16/c51-29-36-4-3-13-63(36)45(67)30-56-49(74)39-8-11-53-41-28-37(6-7-38(39)41)79-35-44(66)55-12-23-77-25-27-78-26-24-76-22-9-42(64)57-40(50(75)58-52)5-1-2-10-54-43(65)31-59-14-16-60(32-46(68)69)18-20-62(34-48(72)73)21-19-61(17-15-59)33-47(70)71/h6-8,11,28,36,40H,1-5,9-10,12-27,30-35,52H2,(H,54,65)(H,55,66)(H,56,74)(H,57,64)(H,58,75)(H,68,69)(H,70,71)(H,72,73)/t36-,40?/m1/s1. The molecule has 4 rings (SSSR count). The maximum Gasteiger partial charge on any atom is 0.317 e. The van der Waals surface area contributed by atoms with Gasteiger partial charge in [-0.3, -0.25) is 73.2 Å². The average molecular weight is 1110 g/mol. The summed E-state index contributed by atoms with van der Waals surface area (Å²) >= 11 is 0. The van der Waals surface area contributed by atoms with Crippen molar-refractivity contribution in [2.45, 2.75) is 50.6 Å². The second-order valence-electron chi connectivity index (χ2n) is 18.6. The Labute approximate surface area is 457 Å². The number of amides is 6. The fourth-order valence-electron chi connectivity index (χ4n) is 8.52. The van der Waals surface area contributed by atoms with E-state index in [1.807, 2.05) is 4.90 Å². The van der Waals surface area contributed by atoms with Crippen LogP contribution in [0.5, 0.6) is 5.75 Å². The van der Waals surface area contributed by atoms with Crippen molar-refractivity contribution < 1.29 is 77.4 Å². The van der Waals surface area contributed by atoms with Crippen molar-refractivity contribution in [1.29, 1.82) is 5.26 Å².